The summed E-state index contributed by atoms with van der Waals surface area (Å²) in [5, 5.41) is 3.38. The molecule has 0 unspecified atom stereocenters. The van der Waals surface area contributed by atoms with Gasteiger partial charge < -0.3 is 16.0 Å². The van der Waals surface area contributed by atoms with E-state index in [-0.39, 0.29) is 5.82 Å². The number of carbonyl (C=O) groups is 1. The summed E-state index contributed by atoms with van der Waals surface area (Å²) in [5.41, 5.74) is 10.2. The van der Waals surface area contributed by atoms with Gasteiger partial charge in [-0.1, -0.05) is 5.16 Å². The van der Waals surface area contributed by atoms with E-state index < -0.39 is 11.4 Å². The van der Waals surface area contributed by atoms with E-state index in [9.17, 15) is 4.79 Å². The van der Waals surface area contributed by atoms with Gasteiger partial charge in [0.25, 0.3) is 11.7 Å². The van der Waals surface area contributed by atoms with E-state index in [0.717, 1.165) is 0 Å². The third-order valence-electron chi connectivity index (χ3n) is 1.30. The first-order valence-corrected chi connectivity index (χ1v) is 3.80. The molecule has 1 rings (SSSR count). The minimum absolute atomic E-state index is 0.112. The van der Waals surface area contributed by atoms with Crippen LogP contribution in [0.4, 0.5) is 0 Å². The van der Waals surface area contributed by atoms with E-state index in [0.29, 0.717) is 12.3 Å². The van der Waals surface area contributed by atoms with Crippen LogP contribution in [-0.4, -0.2) is 21.6 Å². The van der Waals surface area contributed by atoms with Crippen molar-refractivity contribution >= 4 is 5.91 Å². The minimum atomic E-state index is -0.704. The number of primary amides is 1. The summed E-state index contributed by atoms with van der Waals surface area (Å²) in [6.07, 6.45) is 0.410. The maximum atomic E-state index is 10.6. The Bertz CT molecular complexity index is 313. The molecule has 6 nitrogen and oxygen atoms in total. The monoisotopic (exact) mass is 184 g/mol. The minimum Gasteiger partial charge on any atom is -0.363 e. The van der Waals surface area contributed by atoms with Crippen molar-refractivity contribution in [3.8, 4) is 0 Å². The Kier molecular flexibility index (Phi) is 2.33. The van der Waals surface area contributed by atoms with Gasteiger partial charge in [0.05, 0.1) is 0 Å². The Morgan fingerprint density at radius 3 is 2.62 bits per heavy atom. The van der Waals surface area contributed by atoms with Crippen LogP contribution in [0.5, 0.6) is 0 Å². The van der Waals surface area contributed by atoms with Crippen LogP contribution in [0, 0.1) is 0 Å². The quantitative estimate of drug-likeness (QED) is 0.655. The molecular formula is C7H12N4O2. The van der Waals surface area contributed by atoms with Crippen molar-refractivity contribution in [2.24, 2.45) is 11.5 Å². The molecular weight excluding hydrogens is 172 g/mol. The van der Waals surface area contributed by atoms with Crippen molar-refractivity contribution in [1.82, 2.24) is 10.1 Å². The van der Waals surface area contributed by atoms with Crippen LogP contribution >= 0.6 is 0 Å². The Morgan fingerprint density at radius 1 is 1.62 bits per heavy atom. The van der Waals surface area contributed by atoms with Gasteiger partial charge in [-0.3, -0.25) is 4.79 Å². The van der Waals surface area contributed by atoms with E-state index in [1.807, 2.05) is 13.8 Å². The van der Waals surface area contributed by atoms with Crippen molar-refractivity contribution < 1.29 is 9.32 Å². The van der Waals surface area contributed by atoms with Gasteiger partial charge in [-0.15, -0.1) is 0 Å². The number of rotatable bonds is 3. The number of aromatic nitrogens is 2. The molecule has 4 N–H and O–H groups in total. The number of hydrogen-bond donors (Lipinski definition) is 2. The number of amides is 1. The molecule has 13 heavy (non-hydrogen) atoms. The largest absolute Gasteiger partial charge is 0.363 e. The average molecular weight is 184 g/mol. The Balaban J connectivity index is 2.75. The van der Waals surface area contributed by atoms with Gasteiger partial charge in [-0.05, 0) is 13.8 Å². The fraction of sp³-hybridized carbons (Fsp3) is 0.571. The molecule has 0 bridgehead atoms. The zero-order valence-corrected chi connectivity index (χ0v) is 7.57. The standard InChI is InChI=1S/C7H12N4O2/c1-7(2,9)3-4-10-6(5(8)12)11-13-4/h3,9H2,1-2H3,(H2,8,12). The van der Waals surface area contributed by atoms with Crippen LogP contribution in [0.2, 0.25) is 0 Å². The van der Waals surface area contributed by atoms with E-state index in [1.54, 1.807) is 0 Å². The summed E-state index contributed by atoms with van der Waals surface area (Å²) in [5.74, 6) is -0.495. The Labute approximate surface area is 75.3 Å². The van der Waals surface area contributed by atoms with Crippen LogP contribution < -0.4 is 11.5 Å². The lowest BCUT2D eigenvalue weighted by atomic mass is 10.0. The zero-order valence-electron chi connectivity index (χ0n) is 7.57. The number of nitrogens with zero attached hydrogens (tertiary/aromatic N) is 2. The normalized spacial score (nSPS) is 11.6. The second-order valence-corrected chi connectivity index (χ2v) is 3.54. The van der Waals surface area contributed by atoms with Crippen molar-refractivity contribution in [2.45, 2.75) is 25.8 Å². The first kappa shape index (κ1) is 9.66. The third-order valence-corrected chi connectivity index (χ3v) is 1.30. The first-order chi connectivity index (χ1) is 5.88. The summed E-state index contributed by atoms with van der Waals surface area (Å²) in [6, 6.07) is 0. The molecule has 0 atom stereocenters. The molecule has 72 valence electrons. The SMILES string of the molecule is CC(C)(N)Cc1nc(C(N)=O)no1. The highest BCUT2D eigenvalue weighted by Gasteiger charge is 2.18. The van der Waals surface area contributed by atoms with E-state index in [1.165, 1.54) is 0 Å². The molecule has 0 saturated heterocycles. The Morgan fingerprint density at radius 2 is 2.23 bits per heavy atom. The zero-order chi connectivity index (χ0) is 10.1. The van der Waals surface area contributed by atoms with Crippen LogP contribution in [0.3, 0.4) is 0 Å². The third kappa shape index (κ3) is 2.83. The van der Waals surface area contributed by atoms with Gasteiger partial charge in [0.2, 0.25) is 5.89 Å². The Hall–Kier alpha value is -1.43. The summed E-state index contributed by atoms with van der Waals surface area (Å²) in [4.78, 5) is 14.3. The molecule has 0 aromatic carbocycles. The van der Waals surface area contributed by atoms with Gasteiger partial charge in [-0.2, -0.15) is 4.98 Å². The van der Waals surface area contributed by atoms with Gasteiger partial charge in [0, 0.05) is 12.0 Å². The topological polar surface area (TPSA) is 108 Å². The molecule has 1 heterocycles. The average Bonchev–Trinajstić information content (AvgIpc) is 2.31. The van der Waals surface area contributed by atoms with E-state index in [2.05, 4.69) is 10.1 Å². The van der Waals surface area contributed by atoms with Crippen LogP contribution in [0.25, 0.3) is 0 Å². The number of carbonyl (C=O) groups excluding carboxylic acids is 1. The van der Waals surface area contributed by atoms with Crippen molar-refractivity contribution in [1.29, 1.82) is 0 Å². The molecule has 1 amide bonds. The summed E-state index contributed by atoms with van der Waals surface area (Å²) >= 11 is 0. The van der Waals surface area contributed by atoms with Gasteiger partial charge in [-0.25, -0.2) is 0 Å². The van der Waals surface area contributed by atoms with Gasteiger partial charge in [0.15, 0.2) is 0 Å². The lowest BCUT2D eigenvalue weighted by molar-refractivity contribution is 0.0987. The second-order valence-electron chi connectivity index (χ2n) is 3.54. The predicted octanol–water partition coefficient (Wildman–Crippen LogP) is -0.552. The van der Waals surface area contributed by atoms with Crippen LogP contribution in [0.1, 0.15) is 30.4 Å². The molecule has 0 aliphatic carbocycles. The smallest absolute Gasteiger partial charge is 0.290 e. The highest BCUT2D eigenvalue weighted by molar-refractivity contribution is 5.88. The van der Waals surface area contributed by atoms with E-state index in [4.69, 9.17) is 16.0 Å². The summed E-state index contributed by atoms with van der Waals surface area (Å²) in [6.45, 7) is 3.64. The van der Waals surface area contributed by atoms with Crippen LogP contribution in [0.15, 0.2) is 4.52 Å². The lowest BCUT2D eigenvalue weighted by Gasteiger charge is -2.14. The summed E-state index contributed by atoms with van der Waals surface area (Å²) in [7, 11) is 0. The summed E-state index contributed by atoms with van der Waals surface area (Å²) < 4.78 is 4.76. The molecule has 0 aliphatic heterocycles. The van der Waals surface area contributed by atoms with Crippen molar-refractivity contribution in [3.63, 3.8) is 0 Å². The predicted molar refractivity (Wildman–Crippen MR) is 44.8 cm³/mol. The maximum Gasteiger partial charge on any atom is 0.290 e. The van der Waals surface area contributed by atoms with Crippen molar-refractivity contribution in [3.05, 3.63) is 11.7 Å². The fourth-order valence-electron chi connectivity index (χ4n) is 0.817. The maximum absolute atomic E-state index is 10.6. The van der Waals surface area contributed by atoms with Gasteiger partial charge in [0.1, 0.15) is 0 Å². The number of nitrogens with two attached hydrogens (primary N) is 2. The first-order valence-electron chi connectivity index (χ1n) is 3.80. The van der Waals surface area contributed by atoms with E-state index >= 15 is 0 Å². The van der Waals surface area contributed by atoms with Gasteiger partial charge >= 0.3 is 0 Å². The fourth-order valence-corrected chi connectivity index (χ4v) is 0.817. The molecule has 0 saturated carbocycles. The molecule has 0 radical (unpaired) electrons. The highest BCUT2D eigenvalue weighted by atomic mass is 16.5. The second kappa shape index (κ2) is 3.14. The molecule has 6 heteroatoms. The van der Waals surface area contributed by atoms with Crippen molar-refractivity contribution in [2.75, 3.05) is 0 Å². The lowest BCUT2D eigenvalue weighted by Crippen LogP contribution is -2.34. The molecule has 1 aromatic heterocycles. The molecule has 1 aromatic rings. The highest BCUT2D eigenvalue weighted by Crippen LogP contribution is 2.07. The molecule has 0 aliphatic rings. The number of hydrogen-bond acceptors (Lipinski definition) is 5. The van der Waals surface area contributed by atoms with Crippen LogP contribution in [-0.2, 0) is 6.42 Å². The molecule has 0 spiro atoms. The molecule has 0 fully saturated rings.